The number of nitrogens with zero attached hydrogens (tertiary/aromatic N) is 2. The molecule has 0 saturated heterocycles. The van der Waals surface area contributed by atoms with E-state index in [1.807, 2.05) is 33.2 Å². The van der Waals surface area contributed by atoms with Crippen LogP contribution in [0.1, 0.15) is 22.9 Å². The van der Waals surface area contributed by atoms with Crippen LogP contribution in [-0.2, 0) is 13.5 Å². The molecule has 20 heavy (non-hydrogen) atoms. The monoisotopic (exact) mass is 423 g/mol. The molecule has 0 spiro atoms. The summed E-state index contributed by atoms with van der Waals surface area (Å²) in [6, 6.07) is 6.28. The lowest BCUT2D eigenvalue weighted by atomic mass is 9.99. The van der Waals surface area contributed by atoms with E-state index >= 15 is 0 Å². The van der Waals surface area contributed by atoms with Crippen molar-refractivity contribution in [1.82, 2.24) is 15.1 Å². The van der Waals surface area contributed by atoms with Crippen LogP contribution in [0, 0.1) is 10.5 Å². The number of aryl methyl sites for hydroxylation is 2. The molecule has 0 bridgehead atoms. The zero-order valence-corrected chi connectivity index (χ0v) is 15.2. The average Bonchev–Trinajstić information content (AvgIpc) is 2.65. The predicted octanol–water partition coefficient (Wildman–Crippen LogP) is 4.14. The third-order valence-electron chi connectivity index (χ3n) is 3.37. The topological polar surface area (TPSA) is 29.9 Å². The number of likely N-dealkylation sites (N-methyl/N-ethyl adjacent to an activating group) is 1. The lowest BCUT2D eigenvalue weighted by Gasteiger charge is -2.17. The number of rotatable bonds is 4. The lowest BCUT2D eigenvalue weighted by molar-refractivity contribution is 0.590. The highest BCUT2D eigenvalue weighted by Crippen LogP contribution is 2.28. The first-order chi connectivity index (χ1) is 9.43. The van der Waals surface area contributed by atoms with Crippen molar-refractivity contribution in [3.05, 3.63) is 48.8 Å². The van der Waals surface area contributed by atoms with Crippen molar-refractivity contribution >= 4 is 45.8 Å². The van der Waals surface area contributed by atoms with Crippen LogP contribution in [0.3, 0.4) is 0 Å². The quantitative estimate of drug-likeness (QED) is 0.749. The van der Waals surface area contributed by atoms with Gasteiger partial charge < -0.3 is 5.32 Å². The van der Waals surface area contributed by atoms with Gasteiger partial charge in [-0.3, -0.25) is 4.68 Å². The summed E-state index contributed by atoms with van der Waals surface area (Å²) in [6.45, 7) is 1.98. The Labute approximate surface area is 142 Å². The maximum absolute atomic E-state index is 6.30. The highest BCUT2D eigenvalue weighted by Gasteiger charge is 2.18. The van der Waals surface area contributed by atoms with Crippen molar-refractivity contribution in [2.24, 2.45) is 7.05 Å². The summed E-state index contributed by atoms with van der Waals surface area (Å²) < 4.78 is 2.76. The highest BCUT2D eigenvalue weighted by atomic mass is 127. The van der Waals surface area contributed by atoms with Crippen LogP contribution in [0.2, 0.25) is 10.2 Å². The summed E-state index contributed by atoms with van der Waals surface area (Å²) in [7, 11) is 3.80. The van der Waals surface area contributed by atoms with Gasteiger partial charge in [-0.05, 0) is 60.7 Å². The summed E-state index contributed by atoms with van der Waals surface area (Å²) in [5, 5.41) is 9.14. The SMILES string of the molecule is CNC(Cc1c(C)nn(C)c1Cl)c1ccc(I)c(Cl)c1. The molecule has 1 unspecified atom stereocenters. The number of hydrogen-bond donors (Lipinski definition) is 1. The molecule has 1 atom stereocenters. The van der Waals surface area contributed by atoms with Crippen molar-refractivity contribution in [1.29, 1.82) is 0 Å². The van der Waals surface area contributed by atoms with Gasteiger partial charge in [-0.15, -0.1) is 0 Å². The molecular formula is C14H16Cl2IN3. The molecule has 1 N–H and O–H groups in total. The molecule has 0 aliphatic carbocycles. The number of hydrogen-bond acceptors (Lipinski definition) is 2. The highest BCUT2D eigenvalue weighted by molar-refractivity contribution is 14.1. The summed E-state index contributed by atoms with van der Waals surface area (Å²) in [5.41, 5.74) is 3.19. The van der Waals surface area contributed by atoms with Crippen LogP contribution < -0.4 is 5.32 Å². The van der Waals surface area contributed by atoms with Crippen molar-refractivity contribution in [2.75, 3.05) is 7.05 Å². The van der Waals surface area contributed by atoms with Crippen LogP contribution in [0.25, 0.3) is 0 Å². The third kappa shape index (κ3) is 3.30. The molecule has 0 radical (unpaired) electrons. The molecule has 2 rings (SSSR count). The van der Waals surface area contributed by atoms with Gasteiger partial charge in [0.15, 0.2) is 0 Å². The summed E-state index contributed by atoms with van der Waals surface area (Å²) in [4.78, 5) is 0. The van der Waals surface area contributed by atoms with Gasteiger partial charge in [-0.25, -0.2) is 0 Å². The van der Waals surface area contributed by atoms with Gasteiger partial charge in [0.25, 0.3) is 0 Å². The predicted molar refractivity (Wildman–Crippen MR) is 92.6 cm³/mol. The standard InChI is InChI=1S/C14H16Cl2IN3/c1-8-10(14(16)20(3)19-8)7-13(18-2)9-4-5-12(17)11(15)6-9/h4-6,13,18H,7H2,1-3H3. The molecule has 1 heterocycles. The van der Waals surface area contributed by atoms with Crippen LogP contribution >= 0.6 is 45.8 Å². The van der Waals surface area contributed by atoms with Gasteiger partial charge in [0.2, 0.25) is 0 Å². The molecule has 1 aromatic heterocycles. The molecule has 0 aliphatic rings. The van der Waals surface area contributed by atoms with E-state index in [-0.39, 0.29) is 6.04 Å². The molecule has 0 amide bonds. The first-order valence-corrected chi connectivity index (χ1v) is 8.07. The first kappa shape index (κ1) is 16.1. The van der Waals surface area contributed by atoms with Gasteiger partial charge >= 0.3 is 0 Å². The van der Waals surface area contributed by atoms with Gasteiger partial charge in [0.05, 0.1) is 10.7 Å². The Hall–Kier alpha value is -0.300. The maximum atomic E-state index is 6.30. The first-order valence-electron chi connectivity index (χ1n) is 6.24. The zero-order chi connectivity index (χ0) is 14.9. The number of nitrogens with one attached hydrogen (secondary N) is 1. The molecular weight excluding hydrogens is 408 g/mol. The second-order valence-electron chi connectivity index (χ2n) is 4.70. The maximum Gasteiger partial charge on any atom is 0.130 e. The van der Waals surface area contributed by atoms with E-state index in [0.29, 0.717) is 5.15 Å². The minimum Gasteiger partial charge on any atom is -0.313 e. The van der Waals surface area contributed by atoms with Crippen LogP contribution in [-0.4, -0.2) is 16.8 Å². The molecule has 108 valence electrons. The van der Waals surface area contributed by atoms with Crippen molar-refractivity contribution in [3.63, 3.8) is 0 Å². The van der Waals surface area contributed by atoms with Crippen LogP contribution in [0.5, 0.6) is 0 Å². The largest absolute Gasteiger partial charge is 0.313 e. The van der Waals surface area contributed by atoms with Crippen LogP contribution in [0.15, 0.2) is 18.2 Å². The van der Waals surface area contributed by atoms with Crippen molar-refractivity contribution in [3.8, 4) is 0 Å². The Bertz CT molecular complexity index is 625. The van der Waals surface area contributed by atoms with Gasteiger partial charge in [0.1, 0.15) is 5.15 Å². The summed E-state index contributed by atoms with van der Waals surface area (Å²) in [6.07, 6.45) is 0.784. The van der Waals surface area contributed by atoms with Crippen molar-refractivity contribution < 1.29 is 0 Å². The fourth-order valence-corrected chi connectivity index (χ4v) is 3.00. The Morgan fingerprint density at radius 1 is 1.40 bits per heavy atom. The Balaban J connectivity index is 2.31. The Morgan fingerprint density at radius 3 is 2.60 bits per heavy atom. The summed E-state index contributed by atoms with van der Waals surface area (Å²) >= 11 is 14.7. The molecule has 2 aromatic rings. The van der Waals surface area contributed by atoms with Gasteiger partial charge in [-0.2, -0.15) is 5.10 Å². The van der Waals surface area contributed by atoms with E-state index in [1.165, 1.54) is 0 Å². The number of aromatic nitrogens is 2. The van der Waals surface area contributed by atoms with E-state index in [4.69, 9.17) is 23.2 Å². The Kier molecular flexibility index (Phi) is 5.34. The fraction of sp³-hybridized carbons (Fsp3) is 0.357. The minimum atomic E-state index is 0.157. The normalized spacial score (nSPS) is 12.7. The number of benzene rings is 1. The molecule has 3 nitrogen and oxygen atoms in total. The van der Waals surface area contributed by atoms with E-state index < -0.39 is 0 Å². The Morgan fingerprint density at radius 2 is 2.10 bits per heavy atom. The van der Waals surface area contributed by atoms with Crippen molar-refractivity contribution in [2.45, 2.75) is 19.4 Å². The van der Waals surface area contributed by atoms with E-state index in [0.717, 1.165) is 31.8 Å². The minimum absolute atomic E-state index is 0.157. The summed E-state index contributed by atoms with van der Waals surface area (Å²) in [5.74, 6) is 0. The van der Waals surface area contributed by atoms with Gasteiger partial charge in [-0.1, -0.05) is 29.3 Å². The molecule has 0 aliphatic heterocycles. The fourth-order valence-electron chi connectivity index (χ4n) is 2.23. The van der Waals surface area contributed by atoms with Crippen LogP contribution in [0.4, 0.5) is 0 Å². The second-order valence-corrected chi connectivity index (χ2v) is 6.62. The van der Waals surface area contributed by atoms with Gasteiger partial charge in [0, 0.05) is 22.2 Å². The van der Waals surface area contributed by atoms with E-state index in [2.05, 4.69) is 39.1 Å². The smallest absolute Gasteiger partial charge is 0.130 e. The number of halogens is 3. The average molecular weight is 424 g/mol. The second kappa shape index (κ2) is 6.64. The molecule has 1 aromatic carbocycles. The molecule has 6 heteroatoms. The lowest BCUT2D eigenvalue weighted by Crippen LogP contribution is -2.19. The molecule has 0 saturated carbocycles. The zero-order valence-electron chi connectivity index (χ0n) is 11.5. The van der Waals surface area contributed by atoms with E-state index in [9.17, 15) is 0 Å². The van der Waals surface area contributed by atoms with E-state index in [1.54, 1.807) is 4.68 Å². The third-order valence-corrected chi connectivity index (χ3v) is 5.42. The molecule has 0 fully saturated rings.